The van der Waals surface area contributed by atoms with Crippen LogP contribution in [0.4, 0.5) is 11.4 Å². The monoisotopic (exact) mass is 271 g/mol. The molecule has 1 heterocycles. The Labute approximate surface area is 117 Å². The zero-order valence-electron chi connectivity index (χ0n) is 11.5. The predicted molar refractivity (Wildman–Crippen MR) is 78.3 cm³/mol. The van der Waals surface area contributed by atoms with Crippen LogP contribution in [0.15, 0.2) is 30.6 Å². The number of anilines is 2. The third kappa shape index (κ3) is 3.23. The van der Waals surface area contributed by atoms with Crippen LogP contribution >= 0.6 is 0 Å². The van der Waals surface area contributed by atoms with Crippen LogP contribution < -0.4 is 16.4 Å². The van der Waals surface area contributed by atoms with E-state index in [-0.39, 0.29) is 5.91 Å². The number of rotatable bonds is 4. The minimum Gasteiger partial charge on any atom is -0.397 e. The molecule has 4 N–H and O–H groups in total. The molecule has 1 amide bonds. The molecule has 0 bridgehead atoms. The Morgan fingerprint density at radius 2 is 2.10 bits per heavy atom. The highest BCUT2D eigenvalue weighted by Crippen LogP contribution is 2.20. The number of amides is 1. The van der Waals surface area contributed by atoms with E-state index in [1.165, 1.54) is 0 Å². The average molecular weight is 271 g/mol. The normalized spacial score (nSPS) is 10.1. The first-order chi connectivity index (χ1) is 9.60. The number of carbonyl (C=O) groups is 1. The number of hydrogen-bond donors (Lipinski definition) is 3. The van der Waals surface area contributed by atoms with E-state index < -0.39 is 0 Å². The molecular formula is C14H17N5O. The van der Waals surface area contributed by atoms with Gasteiger partial charge in [0.25, 0.3) is 5.91 Å². The molecule has 0 saturated carbocycles. The van der Waals surface area contributed by atoms with E-state index in [4.69, 9.17) is 5.73 Å². The van der Waals surface area contributed by atoms with Crippen molar-refractivity contribution in [2.45, 2.75) is 13.5 Å². The zero-order chi connectivity index (χ0) is 14.5. The van der Waals surface area contributed by atoms with Crippen molar-refractivity contribution in [1.82, 2.24) is 15.3 Å². The minimum atomic E-state index is -0.160. The maximum Gasteiger partial charge on any atom is 0.251 e. The lowest BCUT2D eigenvalue weighted by molar-refractivity contribution is 0.0963. The van der Waals surface area contributed by atoms with E-state index in [0.717, 1.165) is 17.1 Å². The van der Waals surface area contributed by atoms with Gasteiger partial charge >= 0.3 is 0 Å². The summed E-state index contributed by atoms with van der Waals surface area (Å²) in [7, 11) is 1.58. The molecule has 1 aromatic heterocycles. The fraction of sp³-hybridized carbons (Fsp3) is 0.214. The summed E-state index contributed by atoms with van der Waals surface area (Å²) in [5.74, 6) is -0.160. The topological polar surface area (TPSA) is 92.9 Å². The second kappa shape index (κ2) is 6.01. The largest absolute Gasteiger partial charge is 0.397 e. The molecule has 0 radical (unpaired) electrons. The number of nitrogens with two attached hydrogens (primary N) is 1. The van der Waals surface area contributed by atoms with Crippen LogP contribution in [0.2, 0.25) is 0 Å². The van der Waals surface area contributed by atoms with Crippen molar-refractivity contribution in [2.75, 3.05) is 18.1 Å². The van der Waals surface area contributed by atoms with Gasteiger partial charge in [0.1, 0.15) is 0 Å². The summed E-state index contributed by atoms with van der Waals surface area (Å²) in [5, 5.41) is 5.73. The Kier molecular flexibility index (Phi) is 4.14. The fourth-order valence-electron chi connectivity index (χ4n) is 1.71. The first-order valence-corrected chi connectivity index (χ1v) is 6.23. The van der Waals surface area contributed by atoms with Crippen molar-refractivity contribution in [3.63, 3.8) is 0 Å². The smallest absolute Gasteiger partial charge is 0.251 e. The summed E-state index contributed by atoms with van der Waals surface area (Å²) in [6.07, 6.45) is 3.44. The number of hydrogen-bond acceptors (Lipinski definition) is 5. The highest BCUT2D eigenvalue weighted by Gasteiger charge is 2.06. The standard InChI is InChI=1S/C14H17N5O/c1-9-6-18-11(7-17-9)8-19-13-4-3-10(5-12(13)15)14(20)16-2/h3-7,19H,8,15H2,1-2H3,(H,16,20). The molecule has 20 heavy (non-hydrogen) atoms. The SMILES string of the molecule is CNC(=O)c1ccc(NCc2cnc(C)cn2)c(N)c1. The number of benzene rings is 1. The molecule has 1 aromatic carbocycles. The Balaban J connectivity index is 2.06. The van der Waals surface area contributed by atoms with Gasteiger partial charge < -0.3 is 16.4 Å². The maximum atomic E-state index is 11.5. The molecule has 0 saturated heterocycles. The van der Waals surface area contributed by atoms with Gasteiger partial charge in [0, 0.05) is 18.8 Å². The molecule has 6 nitrogen and oxygen atoms in total. The predicted octanol–water partition coefficient (Wildman–Crippen LogP) is 1.34. The molecule has 0 spiro atoms. The molecule has 0 aliphatic carbocycles. The molecule has 2 rings (SSSR count). The summed E-state index contributed by atoms with van der Waals surface area (Å²) in [6.45, 7) is 2.41. The Bertz CT molecular complexity index is 609. The zero-order valence-corrected chi connectivity index (χ0v) is 11.5. The number of carbonyl (C=O) groups excluding carboxylic acids is 1. The molecule has 0 aliphatic rings. The van der Waals surface area contributed by atoms with Gasteiger partial charge in [0.05, 0.1) is 35.5 Å². The molecule has 0 fully saturated rings. The van der Waals surface area contributed by atoms with Gasteiger partial charge in [-0.25, -0.2) is 0 Å². The Hall–Kier alpha value is -2.63. The maximum absolute atomic E-state index is 11.5. The highest BCUT2D eigenvalue weighted by molar-refractivity contribution is 5.95. The van der Waals surface area contributed by atoms with Crippen molar-refractivity contribution in [3.05, 3.63) is 47.5 Å². The number of nitrogens with one attached hydrogen (secondary N) is 2. The second-order valence-electron chi connectivity index (χ2n) is 4.38. The highest BCUT2D eigenvalue weighted by atomic mass is 16.1. The summed E-state index contributed by atoms with van der Waals surface area (Å²) in [5.41, 5.74) is 9.44. The first-order valence-electron chi connectivity index (χ1n) is 6.23. The molecule has 0 unspecified atom stereocenters. The van der Waals surface area contributed by atoms with Gasteiger partial charge in [-0.2, -0.15) is 0 Å². The fourth-order valence-corrected chi connectivity index (χ4v) is 1.71. The summed E-state index contributed by atoms with van der Waals surface area (Å²) in [6, 6.07) is 5.14. The van der Waals surface area contributed by atoms with Crippen LogP contribution in [0.5, 0.6) is 0 Å². The van der Waals surface area contributed by atoms with Gasteiger partial charge in [0.15, 0.2) is 0 Å². The third-order valence-electron chi connectivity index (χ3n) is 2.84. The van der Waals surface area contributed by atoms with E-state index in [1.807, 2.05) is 6.92 Å². The van der Waals surface area contributed by atoms with Gasteiger partial charge in [-0.15, -0.1) is 0 Å². The van der Waals surface area contributed by atoms with Gasteiger partial charge in [0.2, 0.25) is 0 Å². The lowest BCUT2D eigenvalue weighted by Gasteiger charge is -2.10. The summed E-state index contributed by atoms with van der Waals surface area (Å²) >= 11 is 0. The first kappa shape index (κ1) is 13.8. The van der Waals surface area contributed by atoms with E-state index >= 15 is 0 Å². The van der Waals surface area contributed by atoms with Crippen LogP contribution in [0.3, 0.4) is 0 Å². The Morgan fingerprint density at radius 1 is 1.30 bits per heavy atom. The quantitative estimate of drug-likeness (QED) is 0.730. The van der Waals surface area contributed by atoms with Crippen molar-refractivity contribution in [3.8, 4) is 0 Å². The summed E-state index contributed by atoms with van der Waals surface area (Å²) < 4.78 is 0. The van der Waals surface area contributed by atoms with E-state index in [9.17, 15) is 4.79 Å². The number of nitrogen functional groups attached to an aromatic ring is 1. The number of aryl methyl sites for hydroxylation is 1. The van der Waals surface area contributed by atoms with Gasteiger partial charge in [-0.1, -0.05) is 0 Å². The van der Waals surface area contributed by atoms with E-state index in [0.29, 0.717) is 17.8 Å². The molecular weight excluding hydrogens is 254 g/mol. The van der Waals surface area contributed by atoms with Crippen LogP contribution in [0, 0.1) is 6.92 Å². The van der Waals surface area contributed by atoms with Gasteiger partial charge in [-0.05, 0) is 25.1 Å². The van der Waals surface area contributed by atoms with Crippen molar-refractivity contribution in [1.29, 1.82) is 0 Å². The third-order valence-corrected chi connectivity index (χ3v) is 2.84. The second-order valence-corrected chi connectivity index (χ2v) is 4.38. The molecule has 6 heteroatoms. The molecule has 104 valence electrons. The summed E-state index contributed by atoms with van der Waals surface area (Å²) in [4.78, 5) is 19.9. The molecule has 0 atom stereocenters. The van der Waals surface area contributed by atoms with Crippen molar-refractivity contribution in [2.24, 2.45) is 0 Å². The van der Waals surface area contributed by atoms with E-state index in [2.05, 4.69) is 20.6 Å². The van der Waals surface area contributed by atoms with Gasteiger partial charge in [-0.3, -0.25) is 14.8 Å². The lowest BCUT2D eigenvalue weighted by atomic mass is 10.1. The Morgan fingerprint density at radius 3 is 2.70 bits per heavy atom. The van der Waals surface area contributed by atoms with Crippen LogP contribution in [0.25, 0.3) is 0 Å². The van der Waals surface area contributed by atoms with Crippen LogP contribution in [0.1, 0.15) is 21.7 Å². The lowest BCUT2D eigenvalue weighted by Crippen LogP contribution is -2.18. The number of nitrogens with zero attached hydrogens (tertiary/aromatic N) is 2. The van der Waals surface area contributed by atoms with Crippen molar-refractivity contribution >= 4 is 17.3 Å². The molecule has 2 aromatic rings. The minimum absolute atomic E-state index is 0.160. The van der Waals surface area contributed by atoms with Crippen LogP contribution in [-0.4, -0.2) is 22.9 Å². The van der Waals surface area contributed by atoms with Crippen molar-refractivity contribution < 1.29 is 4.79 Å². The van der Waals surface area contributed by atoms with E-state index in [1.54, 1.807) is 37.6 Å². The van der Waals surface area contributed by atoms with Crippen LogP contribution in [-0.2, 0) is 6.54 Å². The number of aromatic nitrogens is 2. The molecule has 0 aliphatic heterocycles. The average Bonchev–Trinajstić information content (AvgIpc) is 2.46.